The molecule has 2 fully saturated rings. The van der Waals surface area contributed by atoms with Crippen molar-refractivity contribution in [2.75, 3.05) is 33.9 Å². The largest absolute Gasteiger partial charge is 0.519 e. The van der Waals surface area contributed by atoms with Crippen LogP contribution in [0.25, 0.3) is 34.4 Å². The zero-order valence-electron chi connectivity index (χ0n) is 56.6. The maximum absolute atomic E-state index is 14.1. The van der Waals surface area contributed by atoms with E-state index in [2.05, 4.69) is 40.7 Å². The van der Waals surface area contributed by atoms with Crippen LogP contribution >= 0.6 is 0 Å². The summed E-state index contributed by atoms with van der Waals surface area (Å²) in [6, 6.07) is 25.9. The Morgan fingerprint density at radius 1 is 0.574 bits per heavy atom. The summed E-state index contributed by atoms with van der Waals surface area (Å²) in [6.07, 6.45) is 10.9. The number of methoxy groups -OCH3 is 2. The van der Waals surface area contributed by atoms with Gasteiger partial charge in [-0.15, -0.1) is 0 Å². The second kappa shape index (κ2) is 34.1. The van der Waals surface area contributed by atoms with E-state index in [0.29, 0.717) is 82.0 Å². The molecule has 6 N–H and O–H groups in total. The molecule has 2 aliphatic carbocycles. The lowest BCUT2D eigenvalue weighted by atomic mass is 9.90. The van der Waals surface area contributed by atoms with Crippen LogP contribution in [-0.2, 0) is 45.1 Å². The topological polar surface area (TPSA) is 376 Å². The number of carbonyl (C=O) groups excluding carboxylic acids is 7. The van der Waals surface area contributed by atoms with E-state index in [4.69, 9.17) is 57.9 Å². The molecule has 2 amide bonds. The number of esters is 3. The number of ether oxygens (including phenoxy) is 5. The van der Waals surface area contributed by atoms with Gasteiger partial charge in [-0.3, -0.25) is 29.4 Å². The van der Waals surface area contributed by atoms with Crippen molar-refractivity contribution in [3.63, 3.8) is 0 Å². The minimum Gasteiger partial charge on any atom is -0.496 e. The van der Waals surface area contributed by atoms with Crippen LogP contribution in [0.1, 0.15) is 184 Å². The minimum atomic E-state index is -0.949. The fraction of sp³-hybridized carbons (Fsp3) is 0.303. The van der Waals surface area contributed by atoms with Crippen LogP contribution in [0.15, 0.2) is 137 Å². The Hall–Kier alpha value is -11.9. The van der Waals surface area contributed by atoms with Gasteiger partial charge in [0.2, 0.25) is 0 Å². The van der Waals surface area contributed by atoms with Gasteiger partial charge in [-0.1, -0.05) is 100 Å². The Morgan fingerprint density at radius 3 is 1.39 bits per heavy atom. The van der Waals surface area contributed by atoms with Gasteiger partial charge in [0.05, 0.1) is 27.2 Å². The molecule has 101 heavy (non-hydrogen) atoms. The molecular formula is C76H77N7O18. The number of Topliss-reactive ketones (excluding diaryl/α,β-unsaturated/α-hetero) is 2. The summed E-state index contributed by atoms with van der Waals surface area (Å²) in [7, 11) is 2.92. The monoisotopic (exact) mass is 1380 g/mol. The van der Waals surface area contributed by atoms with E-state index in [1.165, 1.54) is 58.4 Å². The van der Waals surface area contributed by atoms with Gasteiger partial charge in [0.15, 0.2) is 59.2 Å². The Morgan fingerprint density at radius 2 is 1.01 bits per heavy atom. The van der Waals surface area contributed by atoms with Crippen molar-refractivity contribution in [2.45, 2.75) is 105 Å². The number of nitrogens with one attached hydrogen (secondary N) is 4. The molecule has 2 aliphatic rings. The predicted octanol–water partition coefficient (Wildman–Crippen LogP) is 11.5. The highest BCUT2D eigenvalue weighted by atomic mass is 16.6. The number of nitrogens with two attached hydrogens (primary N) is 1. The van der Waals surface area contributed by atoms with Crippen molar-refractivity contribution in [2.24, 2.45) is 17.6 Å². The zero-order valence-corrected chi connectivity index (χ0v) is 56.6. The molecule has 4 heterocycles. The van der Waals surface area contributed by atoms with E-state index in [-0.39, 0.29) is 116 Å². The molecule has 8 aromatic rings. The Bertz CT molecular complexity index is 4610. The first-order valence-corrected chi connectivity index (χ1v) is 32.7. The van der Waals surface area contributed by atoms with E-state index in [1.54, 1.807) is 78.9 Å². The van der Waals surface area contributed by atoms with Crippen LogP contribution in [0.3, 0.4) is 0 Å². The molecule has 25 heteroatoms. The van der Waals surface area contributed by atoms with Gasteiger partial charge < -0.3 is 63.1 Å². The first kappa shape index (κ1) is 73.4. The van der Waals surface area contributed by atoms with Crippen molar-refractivity contribution in [1.29, 1.82) is 10.8 Å². The first-order valence-electron chi connectivity index (χ1n) is 32.7. The third-order valence-electron chi connectivity index (χ3n) is 16.7. The van der Waals surface area contributed by atoms with Gasteiger partial charge in [0, 0.05) is 70.6 Å². The lowest BCUT2D eigenvalue weighted by molar-refractivity contribution is -0.142. The Kier molecular flexibility index (Phi) is 24.7. The van der Waals surface area contributed by atoms with Crippen LogP contribution < -0.4 is 37.5 Å². The lowest BCUT2D eigenvalue weighted by Gasteiger charge is -2.17. The number of hydrogen-bond donors (Lipinski definition) is 5. The molecule has 0 saturated heterocycles. The van der Waals surface area contributed by atoms with Gasteiger partial charge in [-0.25, -0.2) is 29.1 Å². The molecular weight excluding hydrogens is 1300 g/mol. The number of carbonyl (C=O) groups is 7. The zero-order chi connectivity index (χ0) is 72.4. The number of rotatable bonds is 33. The first-order chi connectivity index (χ1) is 48.6. The average molecular weight is 1380 g/mol. The van der Waals surface area contributed by atoms with Crippen molar-refractivity contribution in [3.05, 3.63) is 222 Å². The minimum absolute atomic E-state index is 0.00463. The van der Waals surface area contributed by atoms with Gasteiger partial charge in [0.25, 0.3) is 11.8 Å². The van der Waals surface area contributed by atoms with Crippen molar-refractivity contribution in [1.82, 2.24) is 20.6 Å². The number of amides is 2. The van der Waals surface area contributed by atoms with Gasteiger partial charge in [0.1, 0.15) is 28.7 Å². The molecule has 0 spiro atoms. The number of benzene rings is 4. The second-order valence-corrected chi connectivity index (χ2v) is 24.1. The molecule has 0 aliphatic heterocycles. The van der Waals surface area contributed by atoms with Crippen LogP contribution in [-0.4, -0.2) is 96.7 Å². The summed E-state index contributed by atoms with van der Waals surface area (Å²) in [5, 5.41) is 21.7. The van der Waals surface area contributed by atoms with E-state index in [9.17, 15) is 43.2 Å². The summed E-state index contributed by atoms with van der Waals surface area (Å²) >= 11 is 0. The highest BCUT2D eigenvalue weighted by molar-refractivity contribution is 6.10. The third kappa shape index (κ3) is 19.5. The molecule has 0 radical (unpaired) electrons. The maximum atomic E-state index is 14.1. The van der Waals surface area contributed by atoms with Crippen molar-refractivity contribution >= 4 is 65.0 Å². The summed E-state index contributed by atoms with van der Waals surface area (Å²) in [5.74, 6) is -3.99. The van der Waals surface area contributed by atoms with Crippen LogP contribution in [0.2, 0.25) is 0 Å². The molecule has 4 aromatic heterocycles. The second-order valence-electron chi connectivity index (χ2n) is 24.1. The van der Waals surface area contributed by atoms with E-state index >= 15 is 0 Å². The van der Waals surface area contributed by atoms with Gasteiger partial charge in [-0.2, -0.15) is 0 Å². The SMILES string of the molecule is C=Cc1cc(C(=O)Cc2ccc(C(=N)CC(=O)OCCCCCC)cc2)c(-c2ccc(C(=O)NCC3CC3)nc2C(=O)OCc2oc(=O)oc2C)cc1OC.C=Cc1cc(C(=O)Cc2ccc(C(=N)N)cc2)c(-c2ccc(C(=O)NCC3CC3)nc2C(=O)OCc2oc(=O)oc2C)cc1OC. The standard InChI is InChI=1S/C42H45N3O10.C34H32N4O8/c1-5-7-8-9-18-52-38(47)22-33(43)29-14-12-26(13-15-29)19-35(46)32-20-28(6-2)36(51-4)21-31(32)30-16-17-34(40(48)44-23-27-10-11-27)45-39(30)41(49)53-24-37-25(3)54-42(50)55-37;1-4-21-14-25(27(39)13-19-7-9-22(10-8-19)31(35)36)24(15-28(21)43-3)23-11-12-26(32(40)37-16-20-5-6-20)38-30(23)33(41)44-17-29-18(2)45-34(42)46-29/h6,12-17,20-21,27,43H,2,5,7-11,18-19,22-24H2,1,3-4H3,(H,44,48);4,7-12,14-15,20H,1,5-6,13,16-17H2,2-3H3,(H3,35,36)(H,37,40). The summed E-state index contributed by atoms with van der Waals surface area (Å²) in [6.45, 7) is 13.2. The summed E-state index contributed by atoms with van der Waals surface area (Å²) in [5.41, 5.74) is 10.00. The highest BCUT2D eigenvalue weighted by Gasteiger charge is 2.30. The molecule has 2 saturated carbocycles. The quantitative estimate of drug-likeness (QED) is 0.00637. The highest BCUT2D eigenvalue weighted by Crippen LogP contribution is 2.38. The maximum Gasteiger partial charge on any atom is 0.519 e. The van der Waals surface area contributed by atoms with Crippen LogP contribution in [0.5, 0.6) is 11.5 Å². The fourth-order valence-electron chi connectivity index (χ4n) is 10.6. The van der Waals surface area contributed by atoms with Crippen molar-refractivity contribution in [3.8, 4) is 33.8 Å². The number of nitrogens with zero attached hydrogens (tertiary/aromatic N) is 2. The molecule has 0 unspecified atom stereocenters. The van der Waals surface area contributed by atoms with E-state index < -0.39 is 54.6 Å². The molecule has 4 aromatic carbocycles. The van der Waals surface area contributed by atoms with E-state index in [0.717, 1.165) is 51.4 Å². The van der Waals surface area contributed by atoms with E-state index in [1.807, 2.05) is 0 Å². The molecule has 0 atom stereocenters. The average Bonchev–Trinajstić information content (AvgIpc) is 1.76. The smallest absolute Gasteiger partial charge is 0.496 e. The Balaban J connectivity index is 0.000000239. The molecule has 0 bridgehead atoms. The normalized spacial score (nSPS) is 12.2. The summed E-state index contributed by atoms with van der Waals surface area (Å²) < 4.78 is 47.0. The van der Waals surface area contributed by atoms with Crippen LogP contribution in [0.4, 0.5) is 0 Å². The summed E-state index contributed by atoms with van der Waals surface area (Å²) in [4.78, 5) is 125. The molecule has 25 nitrogen and oxygen atoms in total. The number of aryl methyl sites for hydroxylation is 2. The fourth-order valence-corrected chi connectivity index (χ4v) is 10.6. The van der Waals surface area contributed by atoms with Gasteiger partial charge in [-0.05, 0) is 134 Å². The number of ketones is 2. The predicted molar refractivity (Wildman–Crippen MR) is 371 cm³/mol. The molecule has 524 valence electrons. The van der Waals surface area contributed by atoms with Crippen LogP contribution in [0, 0.1) is 36.5 Å². The Labute approximate surface area is 580 Å². The molecule has 10 rings (SSSR count). The van der Waals surface area contributed by atoms with Crippen molar-refractivity contribution < 1.29 is 74.9 Å². The van der Waals surface area contributed by atoms with Gasteiger partial charge >= 0.3 is 29.6 Å². The number of amidine groups is 1. The number of nitrogen functional groups attached to an aromatic ring is 1. The number of hydrogen-bond acceptors (Lipinski definition) is 22. The number of pyridine rings is 2. The lowest BCUT2D eigenvalue weighted by Crippen LogP contribution is -2.27. The number of aromatic nitrogens is 2. The number of unbranched alkanes of at least 4 members (excludes halogenated alkanes) is 3. The third-order valence-corrected chi connectivity index (χ3v) is 16.7.